The van der Waals surface area contributed by atoms with Crippen molar-refractivity contribution < 1.29 is 22.8 Å². The summed E-state index contributed by atoms with van der Waals surface area (Å²) in [6.45, 7) is 7.53. The molecule has 2 aliphatic rings. The fraction of sp³-hybridized carbons (Fsp3) is 0.536. The van der Waals surface area contributed by atoms with E-state index in [1.165, 1.54) is 12.1 Å². The van der Waals surface area contributed by atoms with Gasteiger partial charge < -0.3 is 5.32 Å². The molecule has 5 nitrogen and oxygen atoms in total. The molecule has 8 heteroatoms. The number of Topliss-reactive ketones (excluding diaryl/α,β-unsaturated/α-hetero) is 1. The lowest BCUT2D eigenvalue weighted by Crippen LogP contribution is -2.32. The molecule has 36 heavy (non-hydrogen) atoms. The van der Waals surface area contributed by atoms with Crippen molar-refractivity contribution in [1.29, 1.82) is 0 Å². The number of nitrogens with zero attached hydrogens (tertiary/aromatic N) is 2. The first-order valence-electron chi connectivity index (χ1n) is 12.7. The molecule has 0 unspecified atom stereocenters. The van der Waals surface area contributed by atoms with Crippen molar-refractivity contribution in [3.63, 3.8) is 0 Å². The van der Waals surface area contributed by atoms with E-state index < -0.39 is 11.7 Å². The van der Waals surface area contributed by atoms with Crippen LogP contribution in [0.15, 0.2) is 36.5 Å². The maximum absolute atomic E-state index is 12.9. The van der Waals surface area contributed by atoms with Crippen LogP contribution in [0.2, 0.25) is 0 Å². The number of pyridine rings is 1. The third kappa shape index (κ3) is 5.97. The van der Waals surface area contributed by atoms with Crippen LogP contribution in [0.25, 0.3) is 0 Å². The Kier molecular flexibility index (Phi) is 7.83. The SMILES string of the molecule is CC(=O)C1CCC(CNC(=O)c2cnc3c(c2)CN(Cc2ccc(C(F)(F)F)cc2)[C@H]3C(C)C)CC1. The lowest BCUT2D eigenvalue weighted by Gasteiger charge is -2.27. The molecule has 1 saturated carbocycles. The van der Waals surface area contributed by atoms with Gasteiger partial charge in [0.2, 0.25) is 0 Å². The predicted molar refractivity (Wildman–Crippen MR) is 131 cm³/mol. The lowest BCUT2D eigenvalue weighted by molar-refractivity contribution is -0.137. The second-order valence-electron chi connectivity index (χ2n) is 10.6. The van der Waals surface area contributed by atoms with Gasteiger partial charge in [-0.15, -0.1) is 0 Å². The Morgan fingerprint density at radius 1 is 1.11 bits per heavy atom. The fourth-order valence-corrected chi connectivity index (χ4v) is 5.57. The summed E-state index contributed by atoms with van der Waals surface area (Å²) < 4.78 is 38.7. The Bertz CT molecular complexity index is 1090. The minimum Gasteiger partial charge on any atom is -0.352 e. The Hall–Kier alpha value is -2.74. The second kappa shape index (κ2) is 10.7. The quantitative estimate of drug-likeness (QED) is 0.510. The van der Waals surface area contributed by atoms with Gasteiger partial charge in [-0.1, -0.05) is 26.0 Å². The predicted octanol–water partition coefficient (Wildman–Crippen LogP) is 5.94. The molecule has 194 valence electrons. The van der Waals surface area contributed by atoms with Crippen molar-refractivity contribution in [2.75, 3.05) is 6.54 Å². The summed E-state index contributed by atoms with van der Waals surface area (Å²) in [5, 5.41) is 3.04. The largest absolute Gasteiger partial charge is 0.416 e. The van der Waals surface area contributed by atoms with Crippen molar-refractivity contribution in [3.05, 3.63) is 64.5 Å². The number of nitrogens with one attached hydrogen (secondary N) is 1. The number of fused-ring (bicyclic) bond motifs is 1. The number of aromatic nitrogens is 1. The minimum atomic E-state index is -4.35. The molecule has 2 aromatic rings. The van der Waals surface area contributed by atoms with E-state index in [0.29, 0.717) is 31.1 Å². The van der Waals surface area contributed by atoms with Gasteiger partial charge in [-0.3, -0.25) is 19.5 Å². The fourth-order valence-electron chi connectivity index (χ4n) is 5.57. The molecule has 0 bridgehead atoms. The maximum Gasteiger partial charge on any atom is 0.416 e. The van der Waals surface area contributed by atoms with Crippen LogP contribution in [0.1, 0.15) is 85.2 Å². The number of rotatable bonds is 7. The van der Waals surface area contributed by atoms with Crippen LogP contribution in [-0.4, -0.2) is 28.1 Å². The van der Waals surface area contributed by atoms with E-state index in [1.807, 2.05) is 6.07 Å². The normalized spacial score (nSPS) is 22.5. The van der Waals surface area contributed by atoms with Gasteiger partial charge >= 0.3 is 6.18 Å². The highest BCUT2D eigenvalue weighted by Crippen LogP contribution is 2.39. The summed E-state index contributed by atoms with van der Waals surface area (Å²) >= 11 is 0. The van der Waals surface area contributed by atoms with Crippen molar-refractivity contribution in [2.24, 2.45) is 17.8 Å². The molecular formula is C28H34F3N3O2. The first kappa shape index (κ1) is 26.3. The number of amides is 1. The molecule has 1 atom stereocenters. The van der Waals surface area contributed by atoms with Crippen LogP contribution < -0.4 is 5.32 Å². The number of carbonyl (C=O) groups excluding carboxylic acids is 2. The smallest absolute Gasteiger partial charge is 0.352 e. The van der Waals surface area contributed by atoms with Gasteiger partial charge in [0.15, 0.2) is 0 Å². The van der Waals surface area contributed by atoms with Gasteiger partial charge in [-0.05, 0) is 73.8 Å². The second-order valence-corrected chi connectivity index (χ2v) is 10.6. The zero-order valence-corrected chi connectivity index (χ0v) is 21.1. The van der Waals surface area contributed by atoms with E-state index >= 15 is 0 Å². The Labute approximate surface area is 210 Å². The summed E-state index contributed by atoms with van der Waals surface area (Å²) in [5.74, 6) is 0.904. The average Bonchev–Trinajstić information content (AvgIpc) is 3.19. The number of hydrogen-bond donors (Lipinski definition) is 1. The molecule has 1 aliphatic carbocycles. The van der Waals surface area contributed by atoms with Crippen molar-refractivity contribution >= 4 is 11.7 Å². The third-order valence-electron chi connectivity index (χ3n) is 7.58. The summed E-state index contributed by atoms with van der Waals surface area (Å²) in [5.41, 5.74) is 2.58. The van der Waals surface area contributed by atoms with Crippen LogP contribution in [0.4, 0.5) is 13.2 Å². The minimum absolute atomic E-state index is 0.0239. The summed E-state index contributed by atoms with van der Waals surface area (Å²) in [4.78, 5) is 31.3. The van der Waals surface area contributed by atoms with E-state index in [2.05, 4.69) is 29.0 Å². The number of benzene rings is 1. The molecule has 2 heterocycles. The van der Waals surface area contributed by atoms with Gasteiger partial charge in [0, 0.05) is 31.7 Å². The van der Waals surface area contributed by atoms with Gasteiger partial charge in [0.1, 0.15) is 5.78 Å². The van der Waals surface area contributed by atoms with Gasteiger partial charge in [-0.2, -0.15) is 13.2 Å². The van der Waals surface area contributed by atoms with Gasteiger partial charge in [-0.25, -0.2) is 0 Å². The van der Waals surface area contributed by atoms with E-state index in [1.54, 1.807) is 13.1 Å². The lowest BCUT2D eigenvalue weighted by atomic mass is 9.80. The molecule has 1 aliphatic heterocycles. The molecule has 4 rings (SSSR count). The van der Waals surface area contributed by atoms with E-state index in [0.717, 1.165) is 54.6 Å². The Balaban J connectivity index is 1.40. The number of halogens is 3. The number of carbonyl (C=O) groups is 2. The molecule has 1 fully saturated rings. The highest BCUT2D eigenvalue weighted by molar-refractivity contribution is 5.94. The van der Waals surface area contributed by atoms with Crippen LogP contribution >= 0.6 is 0 Å². The molecule has 0 spiro atoms. The third-order valence-corrected chi connectivity index (χ3v) is 7.58. The van der Waals surface area contributed by atoms with Gasteiger partial charge in [0.25, 0.3) is 5.91 Å². The monoisotopic (exact) mass is 501 g/mol. The van der Waals surface area contributed by atoms with E-state index in [9.17, 15) is 22.8 Å². The van der Waals surface area contributed by atoms with Crippen LogP contribution in [0.3, 0.4) is 0 Å². The number of hydrogen-bond acceptors (Lipinski definition) is 4. The maximum atomic E-state index is 12.9. The topological polar surface area (TPSA) is 62.3 Å². The van der Waals surface area contributed by atoms with Crippen LogP contribution in [0, 0.1) is 17.8 Å². The first-order valence-corrected chi connectivity index (χ1v) is 12.7. The molecule has 1 aromatic carbocycles. The highest BCUT2D eigenvalue weighted by Gasteiger charge is 2.35. The summed E-state index contributed by atoms with van der Waals surface area (Å²) in [6.07, 6.45) is 0.947. The summed E-state index contributed by atoms with van der Waals surface area (Å²) in [6, 6.07) is 7.22. The highest BCUT2D eigenvalue weighted by atomic mass is 19.4. The summed E-state index contributed by atoms with van der Waals surface area (Å²) in [7, 11) is 0. The van der Waals surface area contributed by atoms with Crippen molar-refractivity contribution in [3.8, 4) is 0 Å². The zero-order chi connectivity index (χ0) is 26.0. The standard InChI is InChI=1S/C28H34F3N3O2/c1-17(2)26-25-23(16-34(26)15-20-6-10-24(11-7-20)28(29,30)31)12-22(14-32-25)27(36)33-13-19-4-8-21(9-5-19)18(3)35/h6-7,10-12,14,17,19,21,26H,4-5,8-9,13,15-16H2,1-3H3,(H,33,36)/t19?,21?,26-/m0/s1. The van der Waals surface area contributed by atoms with Crippen molar-refractivity contribution in [2.45, 2.75) is 71.8 Å². The van der Waals surface area contributed by atoms with Crippen LogP contribution in [0.5, 0.6) is 0 Å². The Morgan fingerprint density at radius 2 is 1.78 bits per heavy atom. The molecule has 0 radical (unpaired) electrons. The first-order chi connectivity index (χ1) is 17.0. The van der Waals surface area contributed by atoms with Crippen LogP contribution in [-0.2, 0) is 24.1 Å². The molecule has 0 saturated heterocycles. The van der Waals surface area contributed by atoms with Gasteiger partial charge in [0.05, 0.1) is 22.9 Å². The number of ketones is 1. The van der Waals surface area contributed by atoms with E-state index in [-0.39, 0.29) is 29.6 Å². The Morgan fingerprint density at radius 3 is 2.36 bits per heavy atom. The number of alkyl halides is 3. The molecule has 1 amide bonds. The van der Waals surface area contributed by atoms with E-state index in [4.69, 9.17) is 0 Å². The molecule has 1 aromatic heterocycles. The average molecular weight is 502 g/mol. The molecular weight excluding hydrogens is 467 g/mol. The molecule has 1 N–H and O–H groups in total. The zero-order valence-electron chi connectivity index (χ0n) is 21.1. The van der Waals surface area contributed by atoms with Crippen molar-refractivity contribution in [1.82, 2.24) is 15.2 Å².